The summed E-state index contributed by atoms with van der Waals surface area (Å²) in [5.41, 5.74) is 0.535. The minimum Gasteiger partial charge on any atom is -0.481 e. The topological polar surface area (TPSA) is 93.3 Å². The molecule has 2 aromatic rings. The van der Waals surface area contributed by atoms with Crippen LogP contribution in [0.3, 0.4) is 0 Å². The van der Waals surface area contributed by atoms with E-state index in [0.29, 0.717) is 10.9 Å². The quantitative estimate of drug-likeness (QED) is 0.517. The Bertz CT molecular complexity index is 674. The Morgan fingerprint density at radius 1 is 1.50 bits per heavy atom. The highest BCUT2D eigenvalue weighted by Crippen LogP contribution is 2.34. The molecule has 7 heteroatoms. The van der Waals surface area contributed by atoms with Crippen molar-refractivity contribution in [1.82, 2.24) is 4.98 Å². The van der Waals surface area contributed by atoms with Gasteiger partial charge in [0.2, 0.25) is 0 Å². The van der Waals surface area contributed by atoms with E-state index in [4.69, 9.17) is 5.11 Å². The number of pyridine rings is 1. The minimum absolute atomic E-state index is 0.00309. The third kappa shape index (κ3) is 3.05. The molecule has 0 aliphatic carbocycles. The molecule has 1 heterocycles. The summed E-state index contributed by atoms with van der Waals surface area (Å²) in [6.07, 6.45) is 1.59. The van der Waals surface area contributed by atoms with Crippen LogP contribution < -0.4 is 0 Å². The number of nitro groups is 1. The smallest absolute Gasteiger partial charge is 0.304 e. The molecule has 2 rings (SSSR count). The second kappa shape index (κ2) is 5.87. The van der Waals surface area contributed by atoms with Crippen molar-refractivity contribution in [2.75, 3.05) is 0 Å². The molecule has 0 amide bonds. The van der Waals surface area contributed by atoms with E-state index >= 15 is 0 Å². The molecule has 0 spiro atoms. The van der Waals surface area contributed by atoms with Crippen LogP contribution in [0.4, 0.5) is 5.69 Å². The van der Waals surface area contributed by atoms with Crippen LogP contribution in [-0.4, -0.2) is 26.2 Å². The van der Waals surface area contributed by atoms with Crippen molar-refractivity contribution >= 4 is 34.3 Å². The summed E-state index contributed by atoms with van der Waals surface area (Å²) in [5.74, 6) is -0.871. The van der Waals surface area contributed by atoms with Gasteiger partial charge in [-0.2, -0.15) is 0 Å². The molecular weight excluding hydrogens is 280 g/mol. The summed E-state index contributed by atoms with van der Waals surface area (Å²) in [6, 6.07) is 6.34. The maximum absolute atomic E-state index is 11.0. The standard InChI is InChI=1S/C13H12N2O4S/c1-8(7-12(16)17)20-11-5-4-10(15(18)19)9-3-2-6-14-13(9)11/h2-6,8H,7H2,1H3,(H,16,17). The summed E-state index contributed by atoms with van der Waals surface area (Å²) in [7, 11) is 0. The Balaban J connectivity index is 2.43. The maximum atomic E-state index is 11.0. The van der Waals surface area contributed by atoms with E-state index in [2.05, 4.69) is 4.98 Å². The Morgan fingerprint density at radius 3 is 2.90 bits per heavy atom. The number of benzene rings is 1. The zero-order valence-corrected chi connectivity index (χ0v) is 11.5. The van der Waals surface area contributed by atoms with Crippen LogP contribution in [0.25, 0.3) is 10.9 Å². The van der Waals surface area contributed by atoms with E-state index in [1.165, 1.54) is 17.8 Å². The molecule has 1 N–H and O–H groups in total. The second-order valence-corrected chi connectivity index (χ2v) is 5.75. The SMILES string of the molecule is CC(CC(=O)O)Sc1ccc([N+](=O)[O-])c2cccnc12. The molecule has 0 saturated carbocycles. The number of fused-ring (bicyclic) bond motifs is 1. The summed E-state index contributed by atoms with van der Waals surface area (Å²) >= 11 is 1.36. The predicted molar refractivity (Wildman–Crippen MR) is 76.0 cm³/mol. The van der Waals surface area contributed by atoms with Gasteiger partial charge in [0.1, 0.15) is 0 Å². The second-order valence-electron chi connectivity index (χ2n) is 4.27. The van der Waals surface area contributed by atoms with Crippen molar-refractivity contribution in [2.45, 2.75) is 23.5 Å². The van der Waals surface area contributed by atoms with Gasteiger partial charge in [-0.15, -0.1) is 11.8 Å². The van der Waals surface area contributed by atoms with Crippen LogP contribution in [-0.2, 0) is 4.79 Å². The van der Waals surface area contributed by atoms with Gasteiger partial charge in [0.15, 0.2) is 0 Å². The number of non-ortho nitro benzene ring substituents is 1. The molecule has 20 heavy (non-hydrogen) atoms. The number of carbonyl (C=O) groups is 1. The van der Waals surface area contributed by atoms with E-state index in [0.717, 1.165) is 4.90 Å². The van der Waals surface area contributed by atoms with Gasteiger partial charge in [0.05, 0.1) is 22.2 Å². The average Bonchev–Trinajstić information content (AvgIpc) is 2.37. The first-order chi connectivity index (χ1) is 9.49. The number of hydrogen-bond donors (Lipinski definition) is 1. The van der Waals surface area contributed by atoms with Crippen molar-refractivity contribution in [3.05, 3.63) is 40.6 Å². The molecule has 0 aliphatic heterocycles. The van der Waals surface area contributed by atoms with Gasteiger partial charge in [0, 0.05) is 22.4 Å². The fourth-order valence-corrected chi connectivity index (χ4v) is 2.97. The molecule has 0 aliphatic rings. The van der Waals surface area contributed by atoms with Gasteiger partial charge in [-0.3, -0.25) is 19.9 Å². The number of carboxylic acid groups (broad SMARTS) is 1. The zero-order valence-electron chi connectivity index (χ0n) is 10.6. The highest BCUT2D eigenvalue weighted by Gasteiger charge is 2.17. The number of nitrogens with zero attached hydrogens (tertiary/aromatic N) is 2. The first-order valence-corrected chi connectivity index (χ1v) is 6.77. The fraction of sp³-hybridized carbons (Fsp3) is 0.231. The summed E-state index contributed by atoms with van der Waals surface area (Å²) in [4.78, 5) is 26.2. The lowest BCUT2D eigenvalue weighted by Gasteiger charge is -2.10. The molecule has 1 unspecified atom stereocenters. The van der Waals surface area contributed by atoms with E-state index in [1.54, 1.807) is 31.3 Å². The average molecular weight is 292 g/mol. The van der Waals surface area contributed by atoms with E-state index < -0.39 is 10.9 Å². The number of thioether (sulfide) groups is 1. The number of hydrogen-bond acceptors (Lipinski definition) is 5. The summed E-state index contributed by atoms with van der Waals surface area (Å²) < 4.78 is 0. The molecule has 1 aromatic carbocycles. The number of nitro benzene ring substituents is 1. The molecule has 104 valence electrons. The molecule has 6 nitrogen and oxygen atoms in total. The molecule has 1 aromatic heterocycles. The number of carboxylic acids is 1. The monoisotopic (exact) mass is 292 g/mol. The number of rotatable bonds is 5. The Morgan fingerprint density at radius 2 is 2.25 bits per heavy atom. The highest BCUT2D eigenvalue weighted by molar-refractivity contribution is 8.00. The van der Waals surface area contributed by atoms with Crippen LogP contribution in [0.5, 0.6) is 0 Å². The van der Waals surface area contributed by atoms with Crippen LogP contribution in [0.1, 0.15) is 13.3 Å². The molecule has 1 atom stereocenters. The van der Waals surface area contributed by atoms with E-state index in [-0.39, 0.29) is 17.4 Å². The van der Waals surface area contributed by atoms with Crippen molar-refractivity contribution in [3.63, 3.8) is 0 Å². The molecule has 0 fully saturated rings. The van der Waals surface area contributed by atoms with Crippen LogP contribution in [0, 0.1) is 10.1 Å². The normalized spacial score (nSPS) is 12.2. The summed E-state index contributed by atoms with van der Waals surface area (Å²) in [5, 5.41) is 20.1. The maximum Gasteiger partial charge on any atom is 0.304 e. The van der Waals surface area contributed by atoms with Gasteiger partial charge in [-0.25, -0.2) is 0 Å². The third-order valence-corrected chi connectivity index (χ3v) is 3.85. The first kappa shape index (κ1) is 14.3. The minimum atomic E-state index is -0.871. The van der Waals surface area contributed by atoms with Gasteiger partial charge >= 0.3 is 5.97 Å². The lowest BCUT2D eigenvalue weighted by molar-refractivity contribution is -0.383. The Hall–Kier alpha value is -2.15. The first-order valence-electron chi connectivity index (χ1n) is 5.89. The Labute approximate surface area is 119 Å². The number of aromatic nitrogens is 1. The summed E-state index contributed by atoms with van der Waals surface area (Å²) in [6.45, 7) is 1.80. The van der Waals surface area contributed by atoms with Crippen molar-refractivity contribution in [2.24, 2.45) is 0 Å². The molecular formula is C13H12N2O4S. The predicted octanol–water partition coefficient (Wildman–Crippen LogP) is 3.10. The van der Waals surface area contributed by atoms with Gasteiger partial charge in [-0.1, -0.05) is 6.92 Å². The molecule has 0 saturated heterocycles. The van der Waals surface area contributed by atoms with E-state index in [1.807, 2.05) is 0 Å². The van der Waals surface area contributed by atoms with Gasteiger partial charge in [0.25, 0.3) is 5.69 Å². The van der Waals surface area contributed by atoms with Crippen LogP contribution in [0.15, 0.2) is 35.4 Å². The lowest BCUT2D eigenvalue weighted by atomic mass is 10.2. The van der Waals surface area contributed by atoms with Crippen LogP contribution >= 0.6 is 11.8 Å². The van der Waals surface area contributed by atoms with Crippen LogP contribution in [0.2, 0.25) is 0 Å². The zero-order chi connectivity index (χ0) is 14.7. The van der Waals surface area contributed by atoms with Crippen molar-refractivity contribution < 1.29 is 14.8 Å². The van der Waals surface area contributed by atoms with Gasteiger partial charge in [-0.05, 0) is 18.2 Å². The fourth-order valence-electron chi connectivity index (χ4n) is 1.89. The van der Waals surface area contributed by atoms with E-state index in [9.17, 15) is 14.9 Å². The third-order valence-electron chi connectivity index (χ3n) is 2.70. The largest absolute Gasteiger partial charge is 0.481 e. The number of aliphatic carboxylic acids is 1. The molecule has 0 bridgehead atoms. The van der Waals surface area contributed by atoms with Crippen molar-refractivity contribution in [3.8, 4) is 0 Å². The van der Waals surface area contributed by atoms with Gasteiger partial charge < -0.3 is 5.11 Å². The lowest BCUT2D eigenvalue weighted by Crippen LogP contribution is -2.05. The highest BCUT2D eigenvalue weighted by atomic mass is 32.2. The molecule has 0 radical (unpaired) electrons. The Kier molecular flexibility index (Phi) is 4.19. The van der Waals surface area contributed by atoms with Crippen molar-refractivity contribution in [1.29, 1.82) is 0 Å².